The van der Waals surface area contributed by atoms with Crippen molar-refractivity contribution in [1.82, 2.24) is 19.5 Å². The third kappa shape index (κ3) is 3.46. The van der Waals surface area contributed by atoms with E-state index in [1.165, 1.54) is 6.33 Å². The van der Waals surface area contributed by atoms with Gasteiger partial charge in [-0.1, -0.05) is 0 Å². The monoisotopic (exact) mass is 463 g/mol. The first-order valence-corrected chi connectivity index (χ1v) is 12.8. The summed E-state index contributed by atoms with van der Waals surface area (Å²) < 4.78 is 25.1. The van der Waals surface area contributed by atoms with Gasteiger partial charge >= 0.3 is 6.80 Å². The molecule has 10 nitrogen and oxygen atoms in total. The maximum absolute atomic E-state index is 12.8. The predicted octanol–water partition coefficient (Wildman–Crippen LogP) is 2.26. The summed E-state index contributed by atoms with van der Waals surface area (Å²) in [6.07, 6.45) is 0.156. The van der Waals surface area contributed by atoms with Crippen LogP contribution in [-0.4, -0.2) is 60.9 Å². The van der Waals surface area contributed by atoms with E-state index in [4.69, 9.17) is 26.4 Å². The normalized spacial score (nSPS) is 31.3. The molecule has 0 radical (unpaired) electrons. The molecular weight excluding hydrogens is 441 g/mol. The van der Waals surface area contributed by atoms with Gasteiger partial charge in [-0.05, 0) is 49.2 Å². The lowest BCUT2D eigenvalue weighted by Gasteiger charge is -2.25. The Kier molecular flexibility index (Phi) is 5.61. The number of imidazole rings is 1. The summed E-state index contributed by atoms with van der Waals surface area (Å²) in [7, 11) is 0. The number of nitrogen functional groups attached to an aromatic ring is 1. The third-order valence-electron chi connectivity index (χ3n) is 5.66. The number of nitrogens with two attached hydrogens (primary N) is 1. The average molecular weight is 464 g/mol. The summed E-state index contributed by atoms with van der Waals surface area (Å²) in [5.41, 5.74) is 6.08. The van der Waals surface area contributed by atoms with Gasteiger partial charge in [0.15, 0.2) is 11.5 Å². The number of aliphatic hydroxyl groups is 2. The van der Waals surface area contributed by atoms with E-state index in [-0.39, 0.29) is 30.2 Å². The summed E-state index contributed by atoms with van der Waals surface area (Å²) in [6.45, 7) is 0.702. The van der Waals surface area contributed by atoms with Crippen LogP contribution in [0.2, 0.25) is 5.28 Å². The molecule has 2 aromatic rings. The molecule has 2 aromatic heterocycles. The number of halogens is 1. The Balaban J connectivity index is 1.60. The van der Waals surface area contributed by atoms with Gasteiger partial charge in [-0.15, -0.1) is 0 Å². The first-order valence-electron chi connectivity index (χ1n) is 9.31. The maximum Gasteiger partial charge on any atom is 0.389 e. The van der Waals surface area contributed by atoms with Crippen molar-refractivity contribution >= 4 is 46.8 Å². The van der Waals surface area contributed by atoms with Gasteiger partial charge in [0.25, 0.3) is 0 Å². The first kappa shape index (κ1) is 21.3. The third-order valence-corrected chi connectivity index (χ3v) is 9.93. The largest absolute Gasteiger partial charge is 0.390 e. The number of nitrogens with zero attached hydrogens (tertiary/aromatic N) is 4. The zero-order chi connectivity index (χ0) is 21.0. The Morgan fingerprint density at radius 2 is 2.07 bits per heavy atom. The number of aromatic nitrogens is 4. The van der Waals surface area contributed by atoms with Crippen LogP contribution in [0.5, 0.6) is 0 Å². The zero-order valence-electron chi connectivity index (χ0n) is 15.9. The van der Waals surface area contributed by atoms with E-state index >= 15 is 0 Å². The minimum atomic E-state index is -3.32. The van der Waals surface area contributed by atoms with Gasteiger partial charge in [0, 0.05) is 11.2 Å². The summed E-state index contributed by atoms with van der Waals surface area (Å²) >= 11 is 7.01. The maximum atomic E-state index is 12.8. The minimum Gasteiger partial charge on any atom is -0.390 e. The van der Waals surface area contributed by atoms with Gasteiger partial charge < -0.3 is 29.6 Å². The van der Waals surface area contributed by atoms with Crippen LogP contribution >= 0.6 is 29.8 Å². The second-order valence-electron chi connectivity index (χ2n) is 7.23. The smallest absolute Gasteiger partial charge is 0.389 e. The molecule has 13 heteroatoms. The van der Waals surface area contributed by atoms with Crippen molar-refractivity contribution in [3.63, 3.8) is 0 Å². The van der Waals surface area contributed by atoms with Gasteiger partial charge in [0.2, 0.25) is 5.28 Å². The molecule has 2 saturated carbocycles. The summed E-state index contributed by atoms with van der Waals surface area (Å²) in [6, 6.07) is -0.459. The van der Waals surface area contributed by atoms with Crippen molar-refractivity contribution in [2.24, 2.45) is 11.3 Å². The molecule has 0 bridgehead atoms. The molecule has 2 heterocycles. The van der Waals surface area contributed by atoms with Gasteiger partial charge in [-0.2, -0.15) is 9.97 Å². The van der Waals surface area contributed by atoms with Crippen molar-refractivity contribution in [2.75, 3.05) is 24.7 Å². The van der Waals surface area contributed by atoms with Gasteiger partial charge in [-0.25, -0.2) is 9.55 Å². The molecule has 0 amide bonds. The van der Waals surface area contributed by atoms with Crippen LogP contribution in [0.4, 0.5) is 5.82 Å². The van der Waals surface area contributed by atoms with Crippen LogP contribution in [0.25, 0.3) is 11.2 Å². The fourth-order valence-electron chi connectivity index (χ4n) is 4.28. The molecule has 4 rings (SSSR count). The van der Waals surface area contributed by atoms with E-state index in [1.54, 1.807) is 18.4 Å². The van der Waals surface area contributed by atoms with E-state index in [1.807, 2.05) is 0 Å². The van der Waals surface area contributed by atoms with Crippen molar-refractivity contribution in [1.29, 1.82) is 0 Å². The Hall–Kier alpha value is -0.940. The van der Waals surface area contributed by atoms with Crippen molar-refractivity contribution in [3.8, 4) is 0 Å². The zero-order valence-corrected chi connectivity index (χ0v) is 18.4. The Labute approximate surface area is 176 Å². The molecule has 2 aliphatic carbocycles. The highest BCUT2D eigenvalue weighted by Crippen LogP contribution is 2.72. The average Bonchev–Trinajstić information content (AvgIpc) is 3.16. The quantitative estimate of drug-likeness (QED) is 0.393. The summed E-state index contributed by atoms with van der Waals surface area (Å²) in [4.78, 5) is 12.3. The highest BCUT2D eigenvalue weighted by Gasteiger charge is 2.71. The van der Waals surface area contributed by atoms with Crippen molar-refractivity contribution in [2.45, 2.75) is 38.5 Å². The van der Waals surface area contributed by atoms with E-state index in [9.17, 15) is 14.8 Å². The van der Waals surface area contributed by atoms with E-state index in [2.05, 4.69) is 15.0 Å². The number of hydrogen-bond donors (Lipinski definition) is 3. The minimum absolute atomic E-state index is 0.0169. The van der Waals surface area contributed by atoms with Gasteiger partial charge in [0.05, 0.1) is 31.7 Å². The van der Waals surface area contributed by atoms with Crippen LogP contribution in [0.1, 0.15) is 26.3 Å². The molecule has 0 spiro atoms. The highest BCUT2D eigenvalue weighted by atomic mass is 35.5. The lowest BCUT2D eigenvalue weighted by Crippen LogP contribution is -2.35. The van der Waals surface area contributed by atoms with E-state index in [0.29, 0.717) is 23.3 Å². The number of anilines is 1. The standard InChI is InChI=1S/C16H23ClN5O5PS/c1-3-26-28(25,27-4-2)29-6-16-5-8(16)10(11(23)12(16)24)22-7-19-9-13(18)20-15(17)21-14(9)22/h7-8,10-12,23-24H,3-6H2,1-2H3,(H2,18,20,21)/t8-,10-,11+,12+,16?/m1/s1. The molecule has 0 aliphatic heterocycles. The van der Waals surface area contributed by atoms with Crippen LogP contribution in [0.15, 0.2) is 6.33 Å². The lowest BCUT2D eigenvalue weighted by atomic mass is 10.0. The number of aliphatic hydroxyl groups excluding tert-OH is 2. The number of fused-ring (bicyclic) bond motifs is 2. The topological polar surface area (TPSA) is 146 Å². The molecule has 1 unspecified atom stereocenters. The van der Waals surface area contributed by atoms with E-state index < -0.39 is 30.5 Å². The lowest BCUT2D eigenvalue weighted by molar-refractivity contribution is -0.0126. The van der Waals surface area contributed by atoms with Crippen LogP contribution in [0.3, 0.4) is 0 Å². The Bertz CT molecular complexity index is 969. The molecule has 2 aliphatic rings. The fraction of sp³-hybridized carbons (Fsp3) is 0.688. The Morgan fingerprint density at radius 1 is 1.38 bits per heavy atom. The van der Waals surface area contributed by atoms with E-state index in [0.717, 1.165) is 11.4 Å². The summed E-state index contributed by atoms with van der Waals surface area (Å²) in [5.74, 6) is 0.441. The second kappa shape index (κ2) is 7.64. The van der Waals surface area contributed by atoms with Gasteiger partial charge in [-0.3, -0.25) is 0 Å². The molecule has 0 aromatic carbocycles. The molecule has 160 valence electrons. The fourth-order valence-corrected chi connectivity index (χ4v) is 8.49. The molecule has 0 saturated heterocycles. The highest BCUT2D eigenvalue weighted by molar-refractivity contribution is 8.55. The van der Waals surface area contributed by atoms with Crippen molar-refractivity contribution < 1.29 is 23.8 Å². The molecule has 29 heavy (non-hydrogen) atoms. The Morgan fingerprint density at radius 3 is 2.72 bits per heavy atom. The van der Waals surface area contributed by atoms with Gasteiger partial charge in [0.1, 0.15) is 11.6 Å². The molecule has 4 N–H and O–H groups in total. The SMILES string of the molecule is CCOP(=O)(OCC)SCC12C[C@@H]1[C@@H](n1cnc3c(N)nc(Cl)nc31)[C@H](O)[C@@H]2O. The molecule has 2 fully saturated rings. The number of rotatable bonds is 8. The van der Waals surface area contributed by atoms with Crippen LogP contribution < -0.4 is 5.73 Å². The molecule has 5 atom stereocenters. The number of hydrogen-bond acceptors (Lipinski definition) is 10. The second-order valence-corrected chi connectivity index (χ2v) is 11.6. The molecular formula is C16H23ClN5O5PS. The predicted molar refractivity (Wildman–Crippen MR) is 110 cm³/mol. The summed E-state index contributed by atoms with van der Waals surface area (Å²) in [5, 5.41) is 21.6. The first-order chi connectivity index (χ1) is 13.8. The van der Waals surface area contributed by atoms with Crippen LogP contribution in [0, 0.1) is 11.3 Å². The van der Waals surface area contributed by atoms with Crippen LogP contribution in [-0.2, 0) is 13.6 Å². The van der Waals surface area contributed by atoms with Crippen molar-refractivity contribution in [3.05, 3.63) is 11.6 Å².